The van der Waals surface area contributed by atoms with Crippen molar-refractivity contribution in [2.75, 3.05) is 4.90 Å². The molecule has 1 heterocycles. The van der Waals surface area contributed by atoms with Crippen molar-refractivity contribution in [3.8, 4) is 55.6 Å². The maximum absolute atomic E-state index is 2.53. The van der Waals surface area contributed by atoms with Gasteiger partial charge in [-0.25, -0.2) is 0 Å². The highest BCUT2D eigenvalue weighted by Crippen LogP contribution is 2.48. The van der Waals surface area contributed by atoms with Crippen molar-refractivity contribution in [3.05, 3.63) is 253 Å². The van der Waals surface area contributed by atoms with E-state index in [-0.39, 0.29) is 12.6 Å². The third-order valence-electron chi connectivity index (χ3n) is 13.6. The van der Waals surface area contributed by atoms with Crippen LogP contribution in [0.15, 0.2) is 231 Å². The summed E-state index contributed by atoms with van der Waals surface area (Å²) in [7, 11) is 0. The van der Waals surface area contributed by atoms with E-state index in [4.69, 9.17) is 0 Å². The standard InChI is InChI=1S/C63H50BN/c1-43-37-44(2)63(45(3)38-43)64-59-33-29-50(46-19-9-4-10-20-46)39-55(59)57-41-52(48-23-13-6-14-24-48)31-35-61(57)65(54-27-17-8-18-28-54)62-36-32-53(49-25-15-7-16-26-49)42-58(62)56-40-51(30-34-60(56)64)47-21-11-5-12-22-47/h4-25,27-42,49H,26H2,1-3H3. The van der Waals surface area contributed by atoms with Gasteiger partial charge in [0, 0.05) is 22.7 Å². The Morgan fingerprint density at radius 1 is 0.415 bits per heavy atom. The Morgan fingerprint density at radius 3 is 1.38 bits per heavy atom. The van der Waals surface area contributed by atoms with Crippen LogP contribution in [0.1, 0.15) is 34.6 Å². The molecule has 0 fully saturated rings. The molecule has 1 aliphatic heterocycles. The quantitative estimate of drug-likeness (QED) is 0.151. The van der Waals surface area contributed by atoms with Crippen LogP contribution in [-0.4, -0.2) is 6.71 Å². The normalized spacial score (nSPS) is 14.0. The number of para-hydroxylation sites is 1. The highest BCUT2D eigenvalue weighted by Gasteiger charge is 2.34. The number of anilines is 3. The van der Waals surface area contributed by atoms with E-state index in [1.165, 1.54) is 94.3 Å². The Balaban J connectivity index is 1.33. The molecule has 9 aromatic rings. The maximum Gasteiger partial charge on any atom is 0.243 e. The molecule has 0 aromatic heterocycles. The summed E-state index contributed by atoms with van der Waals surface area (Å²) in [5.41, 5.74) is 24.6. The van der Waals surface area contributed by atoms with Gasteiger partial charge in [-0.15, -0.1) is 0 Å². The van der Waals surface area contributed by atoms with E-state index in [2.05, 4.69) is 256 Å². The first-order valence-electron chi connectivity index (χ1n) is 23.0. The van der Waals surface area contributed by atoms with Gasteiger partial charge >= 0.3 is 0 Å². The molecule has 0 N–H and O–H groups in total. The SMILES string of the molecule is Cc1cc(C)c(B2c3ccc(-c4ccccc4)cc3-c3cc(-c4ccccc4)ccc3N(c3ccccc3)c3ccc(C4C=CC=CC4)cc3-c3cc(-c4ccccc4)ccc32)c(C)c1. The van der Waals surface area contributed by atoms with E-state index in [0.717, 1.165) is 23.5 Å². The summed E-state index contributed by atoms with van der Waals surface area (Å²) in [5, 5.41) is 0. The number of hydrogen-bond donors (Lipinski definition) is 0. The van der Waals surface area contributed by atoms with Crippen LogP contribution >= 0.6 is 0 Å². The van der Waals surface area contributed by atoms with Crippen molar-refractivity contribution < 1.29 is 0 Å². The summed E-state index contributed by atoms with van der Waals surface area (Å²) in [4.78, 5) is 2.53. The van der Waals surface area contributed by atoms with Crippen molar-refractivity contribution in [3.63, 3.8) is 0 Å². The Labute approximate surface area is 384 Å². The Hall–Kier alpha value is -7.68. The van der Waals surface area contributed by atoms with Gasteiger partial charge < -0.3 is 4.90 Å². The van der Waals surface area contributed by atoms with Gasteiger partial charge in [0.2, 0.25) is 6.71 Å². The first-order chi connectivity index (χ1) is 32.0. The molecule has 0 saturated carbocycles. The van der Waals surface area contributed by atoms with E-state index < -0.39 is 0 Å². The van der Waals surface area contributed by atoms with Gasteiger partial charge in [0.1, 0.15) is 0 Å². The van der Waals surface area contributed by atoms with Crippen LogP contribution in [0.25, 0.3) is 55.6 Å². The minimum atomic E-state index is -0.0965. The van der Waals surface area contributed by atoms with Gasteiger partial charge in [-0.05, 0) is 126 Å². The van der Waals surface area contributed by atoms with Gasteiger partial charge in [0.25, 0.3) is 0 Å². The second-order valence-corrected chi connectivity index (χ2v) is 17.8. The van der Waals surface area contributed by atoms with Crippen LogP contribution in [0.3, 0.4) is 0 Å². The number of benzene rings is 9. The molecule has 11 rings (SSSR count). The first kappa shape index (κ1) is 40.1. The molecular weight excluding hydrogens is 782 g/mol. The molecule has 2 aliphatic rings. The topological polar surface area (TPSA) is 3.24 Å². The number of fused-ring (bicyclic) bond motifs is 6. The van der Waals surface area contributed by atoms with Crippen LogP contribution in [0.4, 0.5) is 17.1 Å². The van der Waals surface area contributed by atoms with E-state index in [1.807, 2.05) is 0 Å². The number of nitrogens with zero attached hydrogens (tertiary/aromatic N) is 1. The second kappa shape index (κ2) is 17.1. The Bertz CT molecular complexity index is 3230. The molecule has 2 heteroatoms. The van der Waals surface area contributed by atoms with Crippen LogP contribution in [0.5, 0.6) is 0 Å². The summed E-state index contributed by atoms with van der Waals surface area (Å²) in [6.45, 7) is 6.76. The molecule has 1 nitrogen and oxygen atoms in total. The fourth-order valence-electron chi connectivity index (χ4n) is 10.6. The molecule has 9 aromatic carbocycles. The molecule has 1 aliphatic carbocycles. The smallest absolute Gasteiger partial charge is 0.243 e. The number of hydrogen-bond acceptors (Lipinski definition) is 1. The summed E-state index contributed by atoms with van der Waals surface area (Å²) >= 11 is 0. The van der Waals surface area contributed by atoms with Gasteiger partial charge in [-0.3, -0.25) is 0 Å². The van der Waals surface area contributed by atoms with Crippen molar-refractivity contribution in [2.24, 2.45) is 0 Å². The van der Waals surface area contributed by atoms with Crippen molar-refractivity contribution in [1.82, 2.24) is 0 Å². The Morgan fingerprint density at radius 2 is 0.877 bits per heavy atom. The highest BCUT2D eigenvalue weighted by atomic mass is 15.1. The summed E-state index contributed by atoms with van der Waals surface area (Å²) in [6.07, 6.45) is 10.0. The van der Waals surface area contributed by atoms with Crippen molar-refractivity contribution >= 4 is 40.2 Å². The lowest BCUT2D eigenvalue weighted by molar-refractivity contribution is 0.854. The zero-order valence-corrected chi connectivity index (χ0v) is 37.2. The second-order valence-electron chi connectivity index (χ2n) is 17.8. The molecule has 0 spiro atoms. The van der Waals surface area contributed by atoms with Crippen LogP contribution in [0, 0.1) is 20.8 Å². The Kier molecular flexibility index (Phi) is 10.6. The van der Waals surface area contributed by atoms with Gasteiger partial charge in [0.05, 0.1) is 11.4 Å². The van der Waals surface area contributed by atoms with E-state index >= 15 is 0 Å². The summed E-state index contributed by atoms with van der Waals surface area (Å²) in [5.74, 6) is 0.280. The molecule has 0 amide bonds. The number of rotatable bonds is 6. The third-order valence-corrected chi connectivity index (χ3v) is 13.6. The zero-order valence-electron chi connectivity index (χ0n) is 37.2. The zero-order chi connectivity index (χ0) is 43.9. The lowest BCUT2D eigenvalue weighted by Gasteiger charge is -2.34. The summed E-state index contributed by atoms with van der Waals surface area (Å²) < 4.78 is 0. The van der Waals surface area contributed by atoms with Crippen LogP contribution in [-0.2, 0) is 0 Å². The minimum absolute atomic E-state index is 0.0965. The monoisotopic (exact) mass is 831 g/mol. The molecule has 65 heavy (non-hydrogen) atoms. The van der Waals surface area contributed by atoms with E-state index in [1.54, 1.807) is 0 Å². The predicted octanol–water partition coefficient (Wildman–Crippen LogP) is 14.8. The fraction of sp³-hybridized carbons (Fsp3) is 0.0794. The van der Waals surface area contributed by atoms with Crippen LogP contribution in [0.2, 0.25) is 0 Å². The van der Waals surface area contributed by atoms with E-state index in [9.17, 15) is 0 Å². The van der Waals surface area contributed by atoms with Gasteiger partial charge in [-0.2, -0.15) is 0 Å². The average Bonchev–Trinajstić information content (AvgIpc) is 3.36. The summed E-state index contributed by atoms with van der Waals surface area (Å²) in [6, 6.07) is 77.3. The van der Waals surface area contributed by atoms with Gasteiger partial charge in [-0.1, -0.05) is 215 Å². The third kappa shape index (κ3) is 7.56. The highest BCUT2D eigenvalue weighted by molar-refractivity contribution is 6.97. The molecular formula is C63H50BN. The molecule has 0 radical (unpaired) electrons. The lowest BCUT2D eigenvalue weighted by atomic mass is 9.33. The number of allylic oxidation sites excluding steroid dienone is 4. The largest absolute Gasteiger partial charge is 0.309 e. The van der Waals surface area contributed by atoms with E-state index in [0.29, 0.717) is 0 Å². The minimum Gasteiger partial charge on any atom is -0.309 e. The fourth-order valence-corrected chi connectivity index (χ4v) is 10.6. The molecule has 0 bridgehead atoms. The van der Waals surface area contributed by atoms with Crippen LogP contribution < -0.4 is 21.3 Å². The maximum atomic E-state index is 2.53. The lowest BCUT2D eigenvalue weighted by Crippen LogP contribution is -2.55. The number of aryl methyl sites for hydroxylation is 3. The van der Waals surface area contributed by atoms with Crippen molar-refractivity contribution in [2.45, 2.75) is 33.1 Å². The molecule has 0 saturated heterocycles. The first-order valence-corrected chi connectivity index (χ1v) is 23.0. The van der Waals surface area contributed by atoms with Crippen molar-refractivity contribution in [1.29, 1.82) is 0 Å². The molecule has 1 unspecified atom stereocenters. The molecule has 1 atom stereocenters. The predicted molar refractivity (Wildman–Crippen MR) is 279 cm³/mol. The average molecular weight is 832 g/mol. The molecule has 310 valence electrons. The van der Waals surface area contributed by atoms with Gasteiger partial charge in [0.15, 0.2) is 0 Å².